The molecular formula is C15H30BrNO. The van der Waals surface area contributed by atoms with E-state index in [2.05, 4.69) is 34.7 Å². The van der Waals surface area contributed by atoms with Gasteiger partial charge in [-0.25, -0.2) is 0 Å². The van der Waals surface area contributed by atoms with Gasteiger partial charge in [0, 0.05) is 31.1 Å². The SMILES string of the molecule is CC(C)CCOCCN(CCBr)C1CCCCC1. The quantitative estimate of drug-likeness (QED) is 0.469. The summed E-state index contributed by atoms with van der Waals surface area (Å²) < 4.78 is 5.76. The lowest BCUT2D eigenvalue weighted by Gasteiger charge is -2.33. The first kappa shape index (κ1) is 16.5. The molecule has 3 heteroatoms. The van der Waals surface area contributed by atoms with Gasteiger partial charge in [-0.05, 0) is 25.2 Å². The van der Waals surface area contributed by atoms with E-state index in [0.717, 1.165) is 43.6 Å². The second-order valence-corrected chi connectivity index (χ2v) is 6.60. The third kappa shape index (κ3) is 7.10. The zero-order chi connectivity index (χ0) is 13.2. The Balaban J connectivity index is 2.16. The van der Waals surface area contributed by atoms with Crippen LogP contribution in [0.1, 0.15) is 52.4 Å². The molecule has 0 heterocycles. The smallest absolute Gasteiger partial charge is 0.0593 e. The molecule has 1 aliphatic rings. The normalized spacial score (nSPS) is 17.8. The van der Waals surface area contributed by atoms with Gasteiger partial charge in [0.25, 0.3) is 0 Å². The van der Waals surface area contributed by atoms with E-state index in [1.165, 1.54) is 38.5 Å². The van der Waals surface area contributed by atoms with Crippen LogP contribution in [-0.2, 0) is 4.74 Å². The number of alkyl halides is 1. The fourth-order valence-electron chi connectivity index (χ4n) is 2.63. The van der Waals surface area contributed by atoms with Crippen molar-refractivity contribution in [3.8, 4) is 0 Å². The average molecular weight is 320 g/mol. The van der Waals surface area contributed by atoms with Gasteiger partial charge >= 0.3 is 0 Å². The fourth-order valence-corrected chi connectivity index (χ4v) is 3.09. The lowest BCUT2D eigenvalue weighted by Crippen LogP contribution is -2.40. The molecule has 0 aromatic heterocycles. The number of hydrogen-bond donors (Lipinski definition) is 0. The highest BCUT2D eigenvalue weighted by atomic mass is 79.9. The van der Waals surface area contributed by atoms with Gasteiger partial charge in [-0.3, -0.25) is 4.90 Å². The summed E-state index contributed by atoms with van der Waals surface area (Å²) >= 11 is 3.58. The lowest BCUT2D eigenvalue weighted by atomic mass is 9.94. The van der Waals surface area contributed by atoms with E-state index < -0.39 is 0 Å². The molecule has 1 fully saturated rings. The largest absolute Gasteiger partial charge is 0.380 e. The Labute approximate surface area is 122 Å². The molecule has 2 nitrogen and oxygen atoms in total. The highest BCUT2D eigenvalue weighted by molar-refractivity contribution is 9.09. The van der Waals surface area contributed by atoms with Crippen LogP contribution in [0.4, 0.5) is 0 Å². The molecule has 0 amide bonds. The maximum absolute atomic E-state index is 5.76. The van der Waals surface area contributed by atoms with Crippen LogP contribution in [0.25, 0.3) is 0 Å². The second-order valence-electron chi connectivity index (χ2n) is 5.81. The van der Waals surface area contributed by atoms with Crippen LogP contribution in [0.5, 0.6) is 0 Å². The molecule has 18 heavy (non-hydrogen) atoms. The Morgan fingerprint density at radius 3 is 2.44 bits per heavy atom. The van der Waals surface area contributed by atoms with Crippen molar-refractivity contribution < 1.29 is 4.74 Å². The standard InChI is InChI=1S/C15H30BrNO/c1-14(2)8-12-18-13-11-17(10-9-16)15-6-4-3-5-7-15/h14-15H,3-13H2,1-2H3. The fraction of sp³-hybridized carbons (Fsp3) is 1.00. The second kappa shape index (κ2) is 10.2. The summed E-state index contributed by atoms with van der Waals surface area (Å²) in [6.07, 6.45) is 8.22. The van der Waals surface area contributed by atoms with Gasteiger partial charge in [-0.1, -0.05) is 49.0 Å². The molecule has 0 aromatic rings. The summed E-state index contributed by atoms with van der Waals surface area (Å²) in [5.41, 5.74) is 0. The molecule has 0 aromatic carbocycles. The Bertz CT molecular complexity index is 193. The number of hydrogen-bond acceptors (Lipinski definition) is 2. The van der Waals surface area contributed by atoms with E-state index in [-0.39, 0.29) is 0 Å². The molecule has 0 N–H and O–H groups in total. The molecule has 108 valence electrons. The number of ether oxygens (including phenoxy) is 1. The van der Waals surface area contributed by atoms with Crippen LogP contribution in [-0.4, -0.2) is 42.6 Å². The monoisotopic (exact) mass is 319 g/mol. The van der Waals surface area contributed by atoms with Crippen molar-refractivity contribution in [2.45, 2.75) is 58.4 Å². The van der Waals surface area contributed by atoms with E-state index >= 15 is 0 Å². The van der Waals surface area contributed by atoms with E-state index in [0.29, 0.717) is 0 Å². The van der Waals surface area contributed by atoms with Crippen molar-refractivity contribution in [3.05, 3.63) is 0 Å². The molecule has 1 aliphatic carbocycles. The Morgan fingerprint density at radius 1 is 1.11 bits per heavy atom. The predicted octanol–water partition coefficient (Wildman–Crippen LogP) is 4.08. The van der Waals surface area contributed by atoms with E-state index in [4.69, 9.17) is 4.74 Å². The molecule has 0 aliphatic heterocycles. The molecule has 1 rings (SSSR count). The molecule has 0 bridgehead atoms. The Morgan fingerprint density at radius 2 is 1.83 bits per heavy atom. The van der Waals surface area contributed by atoms with Crippen LogP contribution in [0.2, 0.25) is 0 Å². The Hall–Kier alpha value is 0.400. The zero-order valence-corrected chi connectivity index (χ0v) is 13.8. The predicted molar refractivity (Wildman–Crippen MR) is 82.5 cm³/mol. The van der Waals surface area contributed by atoms with Crippen molar-refractivity contribution in [1.29, 1.82) is 0 Å². The minimum absolute atomic E-state index is 0.752. The minimum atomic E-state index is 0.752. The van der Waals surface area contributed by atoms with Crippen molar-refractivity contribution in [2.75, 3.05) is 31.6 Å². The van der Waals surface area contributed by atoms with Crippen molar-refractivity contribution in [3.63, 3.8) is 0 Å². The van der Waals surface area contributed by atoms with Crippen LogP contribution in [0, 0.1) is 5.92 Å². The van der Waals surface area contributed by atoms with Gasteiger partial charge in [0.15, 0.2) is 0 Å². The van der Waals surface area contributed by atoms with Crippen LogP contribution >= 0.6 is 15.9 Å². The number of rotatable bonds is 9. The Kier molecular flexibility index (Phi) is 9.34. The third-order valence-electron chi connectivity index (χ3n) is 3.83. The summed E-state index contributed by atoms with van der Waals surface area (Å²) in [5, 5.41) is 1.08. The zero-order valence-electron chi connectivity index (χ0n) is 12.2. The average Bonchev–Trinajstić information content (AvgIpc) is 2.38. The van der Waals surface area contributed by atoms with Crippen LogP contribution < -0.4 is 0 Å². The summed E-state index contributed by atoms with van der Waals surface area (Å²) in [5.74, 6) is 0.752. The third-order valence-corrected chi connectivity index (χ3v) is 4.18. The minimum Gasteiger partial charge on any atom is -0.380 e. The maximum atomic E-state index is 5.76. The molecule has 1 saturated carbocycles. The highest BCUT2D eigenvalue weighted by Gasteiger charge is 2.20. The van der Waals surface area contributed by atoms with Crippen molar-refractivity contribution in [1.82, 2.24) is 4.90 Å². The molecular weight excluding hydrogens is 290 g/mol. The van der Waals surface area contributed by atoms with E-state index in [1.54, 1.807) is 0 Å². The van der Waals surface area contributed by atoms with E-state index in [1.807, 2.05) is 0 Å². The number of nitrogens with zero attached hydrogens (tertiary/aromatic N) is 1. The van der Waals surface area contributed by atoms with Gasteiger partial charge < -0.3 is 4.74 Å². The molecule has 0 unspecified atom stereocenters. The van der Waals surface area contributed by atoms with Crippen LogP contribution in [0.3, 0.4) is 0 Å². The number of halogens is 1. The van der Waals surface area contributed by atoms with Gasteiger partial charge in [0.2, 0.25) is 0 Å². The van der Waals surface area contributed by atoms with Crippen LogP contribution in [0.15, 0.2) is 0 Å². The molecule has 0 radical (unpaired) electrons. The van der Waals surface area contributed by atoms with Gasteiger partial charge in [-0.15, -0.1) is 0 Å². The van der Waals surface area contributed by atoms with Gasteiger partial charge in [0.05, 0.1) is 6.61 Å². The van der Waals surface area contributed by atoms with Crippen molar-refractivity contribution in [2.24, 2.45) is 5.92 Å². The summed E-state index contributed by atoms with van der Waals surface area (Å²) in [6, 6.07) is 0.810. The molecule has 0 spiro atoms. The van der Waals surface area contributed by atoms with Crippen molar-refractivity contribution >= 4 is 15.9 Å². The summed E-state index contributed by atoms with van der Waals surface area (Å²) in [6.45, 7) is 8.60. The first-order chi connectivity index (χ1) is 8.74. The lowest BCUT2D eigenvalue weighted by molar-refractivity contribution is 0.0748. The topological polar surface area (TPSA) is 12.5 Å². The summed E-state index contributed by atoms with van der Waals surface area (Å²) in [4.78, 5) is 2.63. The van der Waals surface area contributed by atoms with Gasteiger partial charge in [-0.2, -0.15) is 0 Å². The molecule has 0 atom stereocenters. The highest BCUT2D eigenvalue weighted by Crippen LogP contribution is 2.22. The first-order valence-corrected chi connectivity index (χ1v) is 8.74. The first-order valence-electron chi connectivity index (χ1n) is 7.61. The maximum Gasteiger partial charge on any atom is 0.0593 e. The van der Waals surface area contributed by atoms with E-state index in [9.17, 15) is 0 Å². The summed E-state index contributed by atoms with van der Waals surface area (Å²) in [7, 11) is 0. The molecule has 0 saturated heterocycles. The van der Waals surface area contributed by atoms with Gasteiger partial charge in [0.1, 0.15) is 0 Å².